The maximum atomic E-state index is 11.2. The van der Waals surface area contributed by atoms with Gasteiger partial charge < -0.3 is 20.7 Å². The molecule has 0 radical (unpaired) electrons. The zero-order valence-electron chi connectivity index (χ0n) is 16.0. The molecule has 25 heavy (non-hydrogen) atoms. The monoisotopic (exact) mass is 352 g/mol. The van der Waals surface area contributed by atoms with Gasteiger partial charge in [0.2, 0.25) is 5.91 Å². The third-order valence-electron chi connectivity index (χ3n) is 5.54. The number of guanidine groups is 1. The second-order valence-electron chi connectivity index (χ2n) is 7.43. The lowest BCUT2D eigenvalue weighted by atomic mass is 9.95. The van der Waals surface area contributed by atoms with Crippen LogP contribution in [0.2, 0.25) is 0 Å². The van der Waals surface area contributed by atoms with E-state index in [0.29, 0.717) is 18.4 Å². The molecule has 2 aliphatic rings. The van der Waals surface area contributed by atoms with E-state index in [-0.39, 0.29) is 5.91 Å². The van der Waals surface area contributed by atoms with Crippen LogP contribution in [-0.4, -0.2) is 56.2 Å². The zero-order chi connectivity index (χ0) is 18.1. The van der Waals surface area contributed by atoms with Gasteiger partial charge in [-0.3, -0.25) is 9.79 Å². The highest BCUT2D eigenvalue weighted by Crippen LogP contribution is 2.30. The first-order valence-electron chi connectivity index (χ1n) is 9.99. The summed E-state index contributed by atoms with van der Waals surface area (Å²) in [6, 6.07) is 0. The molecule has 3 N–H and O–H groups in total. The molecule has 1 saturated heterocycles. The van der Waals surface area contributed by atoms with Crippen molar-refractivity contribution < 1.29 is 9.53 Å². The average molecular weight is 353 g/mol. The Balaban J connectivity index is 1.79. The van der Waals surface area contributed by atoms with Crippen molar-refractivity contribution in [2.75, 3.05) is 33.3 Å². The standard InChI is InChI=1S/C19H36N4O2/c1-3-25-17(16-8-4-5-9-16)10-11-22-19(21-2)23-12-6-7-15(14-23)13-18(20)24/h15-17H,3-14H2,1-2H3,(H2,20,24)(H,21,22). The van der Waals surface area contributed by atoms with Gasteiger partial charge in [0.05, 0.1) is 6.10 Å². The van der Waals surface area contributed by atoms with Crippen molar-refractivity contribution in [2.24, 2.45) is 22.6 Å². The van der Waals surface area contributed by atoms with E-state index in [0.717, 1.165) is 57.4 Å². The van der Waals surface area contributed by atoms with Crippen molar-refractivity contribution in [1.82, 2.24) is 10.2 Å². The van der Waals surface area contributed by atoms with Crippen LogP contribution in [0.15, 0.2) is 4.99 Å². The quantitative estimate of drug-likeness (QED) is 0.518. The molecule has 1 saturated carbocycles. The lowest BCUT2D eigenvalue weighted by molar-refractivity contribution is -0.119. The molecule has 2 rings (SSSR count). The maximum absolute atomic E-state index is 11.2. The Labute approximate surface area is 152 Å². The predicted octanol–water partition coefficient (Wildman–Crippen LogP) is 2.13. The number of carbonyl (C=O) groups excluding carboxylic acids is 1. The highest BCUT2D eigenvalue weighted by Gasteiger charge is 2.26. The van der Waals surface area contributed by atoms with Crippen molar-refractivity contribution in [2.45, 2.75) is 64.4 Å². The molecule has 6 heteroatoms. The van der Waals surface area contributed by atoms with Gasteiger partial charge in [0, 0.05) is 39.7 Å². The maximum Gasteiger partial charge on any atom is 0.217 e. The molecular weight excluding hydrogens is 316 g/mol. The molecule has 1 aliphatic carbocycles. The van der Waals surface area contributed by atoms with Gasteiger partial charge in [-0.1, -0.05) is 12.8 Å². The van der Waals surface area contributed by atoms with Crippen LogP contribution >= 0.6 is 0 Å². The summed E-state index contributed by atoms with van der Waals surface area (Å²) in [5.41, 5.74) is 5.36. The number of aliphatic imine (C=N–C) groups is 1. The van der Waals surface area contributed by atoms with Crippen LogP contribution in [0.3, 0.4) is 0 Å². The number of nitrogens with zero attached hydrogens (tertiary/aromatic N) is 2. The van der Waals surface area contributed by atoms with Gasteiger partial charge in [0.15, 0.2) is 5.96 Å². The third kappa shape index (κ3) is 6.49. The fourth-order valence-electron chi connectivity index (χ4n) is 4.37. The molecule has 0 aromatic carbocycles. The van der Waals surface area contributed by atoms with Crippen molar-refractivity contribution in [3.8, 4) is 0 Å². The second kappa shape index (κ2) is 10.6. The minimum atomic E-state index is -0.203. The number of rotatable bonds is 8. The average Bonchev–Trinajstić information content (AvgIpc) is 3.12. The number of piperidine rings is 1. The van der Waals surface area contributed by atoms with E-state index in [4.69, 9.17) is 10.5 Å². The van der Waals surface area contributed by atoms with Gasteiger partial charge in [-0.15, -0.1) is 0 Å². The van der Waals surface area contributed by atoms with Gasteiger partial charge in [-0.25, -0.2) is 0 Å². The number of hydrogen-bond acceptors (Lipinski definition) is 3. The highest BCUT2D eigenvalue weighted by molar-refractivity contribution is 5.80. The summed E-state index contributed by atoms with van der Waals surface area (Å²) in [5, 5.41) is 3.51. The number of nitrogens with two attached hydrogens (primary N) is 1. The number of likely N-dealkylation sites (tertiary alicyclic amines) is 1. The number of ether oxygens (including phenoxy) is 1. The lowest BCUT2D eigenvalue weighted by Gasteiger charge is -2.35. The number of amides is 1. The van der Waals surface area contributed by atoms with E-state index in [9.17, 15) is 4.79 Å². The summed E-state index contributed by atoms with van der Waals surface area (Å²) in [5.74, 6) is 1.81. The third-order valence-corrected chi connectivity index (χ3v) is 5.54. The fraction of sp³-hybridized carbons (Fsp3) is 0.895. The molecule has 0 aromatic rings. The normalized spacial score (nSPS) is 23.7. The summed E-state index contributed by atoms with van der Waals surface area (Å²) in [7, 11) is 1.83. The Morgan fingerprint density at radius 3 is 2.72 bits per heavy atom. The molecule has 2 fully saturated rings. The van der Waals surface area contributed by atoms with Crippen LogP contribution in [0.25, 0.3) is 0 Å². The second-order valence-corrected chi connectivity index (χ2v) is 7.43. The number of primary amides is 1. The van der Waals surface area contributed by atoms with Crippen molar-refractivity contribution in [3.63, 3.8) is 0 Å². The van der Waals surface area contributed by atoms with E-state index in [1.54, 1.807) is 0 Å². The molecule has 1 amide bonds. The first-order chi connectivity index (χ1) is 12.1. The molecular formula is C19H36N4O2. The summed E-state index contributed by atoms with van der Waals surface area (Å²) >= 11 is 0. The fourth-order valence-corrected chi connectivity index (χ4v) is 4.37. The van der Waals surface area contributed by atoms with E-state index in [1.165, 1.54) is 25.7 Å². The predicted molar refractivity (Wildman–Crippen MR) is 101 cm³/mol. The van der Waals surface area contributed by atoms with Crippen LogP contribution in [-0.2, 0) is 9.53 Å². The van der Waals surface area contributed by atoms with E-state index in [1.807, 2.05) is 7.05 Å². The first-order valence-corrected chi connectivity index (χ1v) is 9.99. The molecule has 2 atom stereocenters. The summed E-state index contributed by atoms with van der Waals surface area (Å²) < 4.78 is 6.00. The summed E-state index contributed by atoms with van der Waals surface area (Å²) in [6.07, 6.45) is 9.32. The van der Waals surface area contributed by atoms with E-state index in [2.05, 4.69) is 22.1 Å². The minimum absolute atomic E-state index is 0.203. The highest BCUT2D eigenvalue weighted by atomic mass is 16.5. The Hall–Kier alpha value is -1.30. The Kier molecular flexibility index (Phi) is 8.52. The number of hydrogen-bond donors (Lipinski definition) is 2. The van der Waals surface area contributed by atoms with Crippen LogP contribution in [0.5, 0.6) is 0 Å². The van der Waals surface area contributed by atoms with Crippen LogP contribution in [0.1, 0.15) is 58.3 Å². The van der Waals surface area contributed by atoms with E-state index < -0.39 is 0 Å². The molecule has 0 spiro atoms. The smallest absolute Gasteiger partial charge is 0.217 e. The first kappa shape index (κ1) is 20.0. The molecule has 144 valence electrons. The summed E-state index contributed by atoms with van der Waals surface area (Å²) in [6.45, 7) is 5.61. The molecule has 0 aromatic heterocycles. The Bertz CT molecular complexity index is 435. The van der Waals surface area contributed by atoms with Crippen LogP contribution < -0.4 is 11.1 Å². The topological polar surface area (TPSA) is 79.9 Å². The molecule has 2 unspecified atom stereocenters. The summed E-state index contributed by atoms with van der Waals surface area (Å²) in [4.78, 5) is 17.9. The van der Waals surface area contributed by atoms with Crippen LogP contribution in [0, 0.1) is 11.8 Å². The van der Waals surface area contributed by atoms with E-state index >= 15 is 0 Å². The van der Waals surface area contributed by atoms with Crippen molar-refractivity contribution >= 4 is 11.9 Å². The van der Waals surface area contributed by atoms with Gasteiger partial charge in [-0.05, 0) is 50.9 Å². The van der Waals surface area contributed by atoms with Gasteiger partial charge >= 0.3 is 0 Å². The largest absolute Gasteiger partial charge is 0.378 e. The molecule has 1 heterocycles. The molecule has 0 bridgehead atoms. The number of nitrogens with one attached hydrogen (secondary N) is 1. The Morgan fingerprint density at radius 2 is 2.08 bits per heavy atom. The van der Waals surface area contributed by atoms with Crippen molar-refractivity contribution in [3.05, 3.63) is 0 Å². The van der Waals surface area contributed by atoms with Gasteiger partial charge in [0.1, 0.15) is 0 Å². The molecule has 1 aliphatic heterocycles. The van der Waals surface area contributed by atoms with Gasteiger partial charge in [-0.2, -0.15) is 0 Å². The lowest BCUT2D eigenvalue weighted by Crippen LogP contribution is -2.47. The SMILES string of the molecule is CCOC(CCNC(=NC)N1CCCC(CC(N)=O)C1)C1CCCC1. The van der Waals surface area contributed by atoms with Crippen molar-refractivity contribution in [1.29, 1.82) is 0 Å². The molecule has 6 nitrogen and oxygen atoms in total. The Morgan fingerprint density at radius 1 is 1.32 bits per heavy atom. The van der Waals surface area contributed by atoms with Gasteiger partial charge in [0.25, 0.3) is 0 Å². The minimum Gasteiger partial charge on any atom is -0.378 e. The number of carbonyl (C=O) groups is 1. The van der Waals surface area contributed by atoms with Crippen LogP contribution in [0.4, 0.5) is 0 Å². The zero-order valence-corrected chi connectivity index (χ0v) is 16.0.